The molecule has 0 aliphatic heterocycles. The third-order valence-electron chi connectivity index (χ3n) is 4.45. The predicted octanol–water partition coefficient (Wildman–Crippen LogP) is 4.19. The Morgan fingerprint density at radius 3 is 2.66 bits per heavy atom. The third kappa shape index (κ3) is 7.06. The monoisotopic (exact) mass is 420 g/mol. The predicted molar refractivity (Wildman–Crippen MR) is 111 cm³/mol. The first-order valence-corrected chi connectivity index (χ1v) is 9.99. The van der Waals surface area contributed by atoms with Crippen LogP contribution in [0.25, 0.3) is 0 Å². The Hall–Kier alpha value is -2.60. The van der Waals surface area contributed by atoms with E-state index in [2.05, 4.69) is 5.32 Å². The molecule has 0 radical (unpaired) electrons. The van der Waals surface area contributed by atoms with Crippen molar-refractivity contribution in [1.29, 1.82) is 0 Å². The molecular weight excluding hydrogens is 395 g/mol. The van der Waals surface area contributed by atoms with Gasteiger partial charge in [0.25, 0.3) is 5.91 Å². The van der Waals surface area contributed by atoms with Gasteiger partial charge in [-0.25, -0.2) is 4.39 Å². The first-order valence-electron chi connectivity index (χ1n) is 9.61. The highest BCUT2D eigenvalue weighted by atomic mass is 35.5. The van der Waals surface area contributed by atoms with Crippen LogP contribution in [0.3, 0.4) is 0 Å². The van der Waals surface area contributed by atoms with E-state index >= 15 is 0 Å². The van der Waals surface area contributed by atoms with Gasteiger partial charge in [0.2, 0.25) is 5.91 Å². The van der Waals surface area contributed by atoms with Gasteiger partial charge in [0, 0.05) is 23.7 Å². The number of carbonyl (C=O) groups excluding carboxylic acids is 2. The normalized spacial score (nSPS) is 11.6. The number of halogens is 2. The molecule has 2 rings (SSSR count). The van der Waals surface area contributed by atoms with Crippen molar-refractivity contribution in [2.45, 2.75) is 39.3 Å². The van der Waals surface area contributed by atoms with Crippen molar-refractivity contribution in [3.8, 4) is 5.75 Å². The Balaban J connectivity index is 2.12. The number of benzene rings is 2. The number of hydrogen-bond acceptors (Lipinski definition) is 3. The summed E-state index contributed by atoms with van der Waals surface area (Å²) in [7, 11) is 0. The fourth-order valence-corrected chi connectivity index (χ4v) is 2.89. The number of hydrogen-bond donors (Lipinski definition) is 1. The molecule has 0 bridgehead atoms. The van der Waals surface area contributed by atoms with Gasteiger partial charge in [-0.3, -0.25) is 9.59 Å². The largest absolute Gasteiger partial charge is 0.484 e. The molecule has 7 heteroatoms. The molecule has 0 aliphatic carbocycles. The molecule has 1 N–H and O–H groups in total. The van der Waals surface area contributed by atoms with Crippen LogP contribution in [0.5, 0.6) is 5.75 Å². The minimum Gasteiger partial charge on any atom is -0.484 e. The van der Waals surface area contributed by atoms with E-state index in [-0.39, 0.29) is 19.1 Å². The fraction of sp³-hybridized carbons (Fsp3) is 0.364. The van der Waals surface area contributed by atoms with E-state index in [0.29, 0.717) is 22.9 Å². The second-order valence-corrected chi connectivity index (χ2v) is 7.12. The van der Waals surface area contributed by atoms with E-state index in [0.717, 1.165) is 12.8 Å². The van der Waals surface area contributed by atoms with Gasteiger partial charge in [-0.2, -0.15) is 0 Å². The maximum Gasteiger partial charge on any atom is 0.261 e. The summed E-state index contributed by atoms with van der Waals surface area (Å²) >= 11 is 5.93. The minimum absolute atomic E-state index is 0.0349. The zero-order valence-electron chi connectivity index (χ0n) is 16.7. The van der Waals surface area contributed by atoms with Gasteiger partial charge in [0.05, 0.1) is 0 Å². The first kappa shape index (κ1) is 22.7. The number of amides is 2. The average Bonchev–Trinajstić information content (AvgIpc) is 2.71. The van der Waals surface area contributed by atoms with Crippen LogP contribution in [0, 0.1) is 5.82 Å². The number of unbranched alkanes of at least 4 members (excludes halogenated alkanes) is 1. The first-order chi connectivity index (χ1) is 13.9. The van der Waals surface area contributed by atoms with E-state index in [1.165, 1.54) is 11.0 Å². The highest BCUT2D eigenvalue weighted by Crippen LogP contribution is 2.18. The summed E-state index contributed by atoms with van der Waals surface area (Å²) in [5, 5.41) is 3.30. The van der Waals surface area contributed by atoms with E-state index in [9.17, 15) is 14.0 Å². The van der Waals surface area contributed by atoms with Gasteiger partial charge >= 0.3 is 0 Å². The smallest absolute Gasteiger partial charge is 0.261 e. The van der Waals surface area contributed by atoms with Crippen LogP contribution in [0.1, 0.15) is 32.3 Å². The highest BCUT2D eigenvalue weighted by Gasteiger charge is 2.27. The second kappa shape index (κ2) is 11.4. The molecule has 0 aromatic heterocycles. The minimum atomic E-state index is -0.776. The lowest BCUT2D eigenvalue weighted by Crippen LogP contribution is -2.49. The lowest BCUT2D eigenvalue weighted by Gasteiger charge is -2.29. The van der Waals surface area contributed by atoms with Crippen LogP contribution in [0.15, 0.2) is 48.5 Å². The highest BCUT2D eigenvalue weighted by molar-refractivity contribution is 6.30. The Bertz CT molecular complexity index is 831. The summed E-state index contributed by atoms with van der Waals surface area (Å²) < 4.78 is 19.7. The Kier molecular flexibility index (Phi) is 8.93. The summed E-state index contributed by atoms with van der Waals surface area (Å²) in [6.45, 7) is 3.85. The summed E-state index contributed by atoms with van der Waals surface area (Å²) in [6, 6.07) is 12.1. The topological polar surface area (TPSA) is 58.6 Å². The quantitative estimate of drug-likeness (QED) is 0.586. The summed E-state index contributed by atoms with van der Waals surface area (Å²) in [4.78, 5) is 26.7. The third-order valence-corrected chi connectivity index (χ3v) is 4.69. The molecule has 1 atom stereocenters. The maximum atomic E-state index is 14.1. The van der Waals surface area contributed by atoms with Gasteiger partial charge in [0.15, 0.2) is 6.61 Å². The summed E-state index contributed by atoms with van der Waals surface area (Å²) in [6.07, 6.45) is 1.79. The molecular formula is C22H26ClFN2O3. The van der Waals surface area contributed by atoms with Crippen molar-refractivity contribution in [2.24, 2.45) is 0 Å². The van der Waals surface area contributed by atoms with Crippen molar-refractivity contribution in [1.82, 2.24) is 10.2 Å². The van der Waals surface area contributed by atoms with Crippen LogP contribution in [0.2, 0.25) is 5.02 Å². The van der Waals surface area contributed by atoms with Gasteiger partial charge in [-0.05, 0) is 37.6 Å². The van der Waals surface area contributed by atoms with Crippen molar-refractivity contribution >= 4 is 23.4 Å². The molecule has 1 unspecified atom stereocenters. The number of nitrogens with one attached hydrogen (secondary N) is 1. The van der Waals surface area contributed by atoms with Crippen LogP contribution in [0.4, 0.5) is 4.39 Å². The molecule has 0 fully saturated rings. The number of nitrogens with zero attached hydrogens (tertiary/aromatic N) is 1. The summed E-state index contributed by atoms with van der Waals surface area (Å²) in [5.74, 6) is -0.700. The van der Waals surface area contributed by atoms with Crippen molar-refractivity contribution < 1.29 is 18.7 Å². The second-order valence-electron chi connectivity index (χ2n) is 6.68. The molecule has 0 heterocycles. The zero-order valence-corrected chi connectivity index (χ0v) is 17.4. The van der Waals surface area contributed by atoms with E-state index in [4.69, 9.17) is 16.3 Å². The Labute approximate surface area is 175 Å². The van der Waals surface area contributed by atoms with Crippen LogP contribution >= 0.6 is 11.6 Å². The van der Waals surface area contributed by atoms with Gasteiger partial charge in [0.1, 0.15) is 17.6 Å². The lowest BCUT2D eigenvalue weighted by molar-refractivity contribution is -0.142. The van der Waals surface area contributed by atoms with Crippen molar-refractivity contribution in [3.05, 3.63) is 64.9 Å². The van der Waals surface area contributed by atoms with E-state index in [1.807, 2.05) is 6.92 Å². The van der Waals surface area contributed by atoms with Crippen molar-refractivity contribution in [2.75, 3.05) is 13.2 Å². The number of carbonyl (C=O) groups is 2. The van der Waals surface area contributed by atoms with E-state index in [1.54, 1.807) is 49.4 Å². The van der Waals surface area contributed by atoms with Crippen LogP contribution in [-0.2, 0) is 16.1 Å². The molecule has 0 spiro atoms. The molecule has 5 nitrogen and oxygen atoms in total. The van der Waals surface area contributed by atoms with Crippen LogP contribution in [-0.4, -0.2) is 35.9 Å². The van der Waals surface area contributed by atoms with Crippen molar-refractivity contribution in [3.63, 3.8) is 0 Å². The van der Waals surface area contributed by atoms with Gasteiger partial charge in [-0.15, -0.1) is 0 Å². The zero-order chi connectivity index (χ0) is 21.2. The molecule has 156 valence electrons. The standard InChI is InChI=1S/C22H26ClFN2O3/c1-3-4-12-25-22(28)16(2)26(14-17-8-5-6-11-20(17)24)21(27)15-29-19-10-7-9-18(23)13-19/h5-11,13,16H,3-4,12,14-15H2,1-2H3,(H,25,28). The summed E-state index contributed by atoms with van der Waals surface area (Å²) in [5.41, 5.74) is 0.330. The Morgan fingerprint density at radius 1 is 1.21 bits per heavy atom. The van der Waals surface area contributed by atoms with Gasteiger partial charge in [-0.1, -0.05) is 49.2 Å². The molecule has 0 saturated heterocycles. The fourth-order valence-electron chi connectivity index (χ4n) is 2.71. The number of rotatable bonds is 10. The van der Waals surface area contributed by atoms with Gasteiger partial charge < -0.3 is 15.0 Å². The maximum absolute atomic E-state index is 14.1. The molecule has 2 amide bonds. The molecule has 2 aromatic carbocycles. The Morgan fingerprint density at radius 2 is 1.97 bits per heavy atom. The molecule has 0 aliphatic rings. The lowest BCUT2D eigenvalue weighted by atomic mass is 10.1. The molecule has 29 heavy (non-hydrogen) atoms. The average molecular weight is 421 g/mol. The van der Waals surface area contributed by atoms with Crippen LogP contribution < -0.4 is 10.1 Å². The van der Waals surface area contributed by atoms with E-state index < -0.39 is 17.8 Å². The molecule has 0 saturated carbocycles. The SMILES string of the molecule is CCCCNC(=O)C(C)N(Cc1ccccc1F)C(=O)COc1cccc(Cl)c1. The molecule has 2 aromatic rings. The number of ether oxygens (including phenoxy) is 1.